The molecule has 8 heteroatoms. The van der Waals surface area contributed by atoms with E-state index < -0.39 is 0 Å². The lowest BCUT2D eigenvalue weighted by Crippen LogP contribution is -2.38. The van der Waals surface area contributed by atoms with Gasteiger partial charge in [-0.1, -0.05) is 37.3 Å². The molecule has 1 heterocycles. The number of fused-ring (bicyclic) bond motifs is 1. The number of ketones is 1. The average molecular weight is 476 g/mol. The van der Waals surface area contributed by atoms with Gasteiger partial charge in [0.15, 0.2) is 10.9 Å². The van der Waals surface area contributed by atoms with Crippen molar-refractivity contribution >= 4 is 50.8 Å². The van der Waals surface area contributed by atoms with Crippen molar-refractivity contribution in [2.45, 2.75) is 27.7 Å². The molecule has 6 nitrogen and oxygen atoms in total. The number of anilines is 1. The number of hydrogen-bond acceptors (Lipinski definition) is 6. The Labute approximate surface area is 199 Å². The van der Waals surface area contributed by atoms with Crippen molar-refractivity contribution in [2.24, 2.45) is 0 Å². The summed E-state index contributed by atoms with van der Waals surface area (Å²) in [5.74, 6) is 0.658. The van der Waals surface area contributed by atoms with Crippen LogP contribution in [0.25, 0.3) is 10.2 Å². The third kappa shape index (κ3) is 6.06. The van der Waals surface area contributed by atoms with Gasteiger partial charge in [0, 0.05) is 24.2 Å². The van der Waals surface area contributed by atoms with Gasteiger partial charge in [0.2, 0.25) is 0 Å². The molecule has 0 aliphatic heterocycles. The topological polar surface area (TPSA) is 62.7 Å². The summed E-state index contributed by atoms with van der Waals surface area (Å²) in [6.45, 7) is 11.4. The second-order valence-corrected chi connectivity index (χ2v) is 8.19. The normalized spacial score (nSPS) is 10.8. The first kappa shape index (κ1) is 25.8. The van der Waals surface area contributed by atoms with Crippen LogP contribution in [0.5, 0.6) is 5.75 Å². The van der Waals surface area contributed by atoms with Crippen molar-refractivity contribution in [3.8, 4) is 5.75 Å². The molecule has 2 aromatic carbocycles. The van der Waals surface area contributed by atoms with Crippen LogP contribution in [0.2, 0.25) is 0 Å². The Morgan fingerprint density at radius 1 is 0.969 bits per heavy atom. The van der Waals surface area contributed by atoms with Crippen LogP contribution in [0.15, 0.2) is 42.5 Å². The Hall–Kier alpha value is -2.48. The summed E-state index contributed by atoms with van der Waals surface area (Å²) in [7, 11) is 0. The van der Waals surface area contributed by atoms with Gasteiger partial charge in [-0.2, -0.15) is 0 Å². The van der Waals surface area contributed by atoms with E-state index in [1.807, 2.05) is 25.1 Å². The lowest BCUT2D eigenvalue weighted by atomic mass is 10.1. The van der Waals surface area contributed by atoms with Gasteiger partial charge in [0.05, 0.1) is 16.8 Å². The second-order valence-electron chi connectivity index (χ2n) is 7.18. The minimum Gasteiger partial charge on any atom is -0.494 e. The van der Waals surface area contributed by atoms with Crippen LogP contribution in [0.1, 0.15) is 48.4 Å². The molecule has 1 aromatic heterocycles. The van der Waals surface area contributed by atoms with Crippen LogP contribution in [0, 0.1) is 0 Å². The van der Waals surface area contributed by atoms with E-state index in [2.05, 4.69) is 18.7 Å². The fourth-order valence-corrected chi connectivity index (χ4v) is 4.35. The van der Waals surface area contributed by atoms with Gasteiger partial charge < -0.3 is 9.64 Å². The number of nitrogens with zero attached hydrogens (tertiary/aromatic N) is 3. The molecule has 32 heavy (non-hydrogen) atoms. The highest BCUT2D eigenvalue weighted by Gasteiger charge is 2.22. The average Bonchev–Trinajstić information content (AvgIpc) is 3.19. The molecule has 0 radical (unpaired) electrons. The van der Waals surface area contributed by atoms with E-state index in [1.54, 1.807) is 29.2 Å². The standard InChI is InChI=1S/C24H29N3O3S.ClH/c1-5-26(6-2)14-15-27(23(29)19-10-8-18(9-11-19)17(4)28)24-25-21-13-12-20(30-7-3)16-22(21)31-24;/h8-13,16H,5-7,14-15H2,1-4H3;1H. The van der Waals surface area contributed by atoms with Crippen molar-refractivity contribution < 1.29 is 14.3 Å². The Morgan fingerprint density at radius 2 is 1.62 bits per heavy atom. The molecule has 0 bridgehead atoms. The molecule has 3 aromatic rings. The van der Waals surface area contributed by atoms with Gasteiger partial charge in [0.25, 0.3) is 5.91 Å². The number of ether oxygens (including phenoxy) is 1. The summed E-state index contributed by atoms with van der Waals surface area (Å²) >= 11 is 1.48. The highest BCUT2D eigenvalue weighted by atomic mass is 35.5. The van der Waals surface area contributed by atoms with Crippen LogP contribution >= 0.6 is 23.7 Å². The quantitative estimate of drug-likeness (QED) is 0.372. The van der Waals surface area contributed by atoms with Gasteiger partial charge in [-0.15, -0.1) is 12.4 Å². The molecule has 0 aliphatic carbocycles. The van der Waals surface area contributed by atoms with Crippen molar-refractivity contribution in [1.82, 2.24) is 9.88 Å². The van der Waals surface area contributed by atoms with E-state index in [0.717, 1.165) is 35.6 Å². The minimum atomic E-state index is -0.119. The van der Waals surface area contributed by atoms with Gasteiger partial charge in [-0.3, -0.25) is 14.5 Å². The number of carbonyl (C=O) groups is 2. The molecule has 0 saturated carbocycles. The first-order valence-corrected chi connectivity index (χ1v) is 11.5. The molecule has 0 N–H and O–H groups in total. The molecule has 3 rings (SSSR count). The van der Waals surface area contributed by atoms with Crippen LogP contribution in [-0.4, -0.2) is 54.4 Å². The lowest BCUT2D eigenvalue weighted by Gasteiger charge is -2.24. The molecule has 172 valence electrons. The highest BCUT2D eigenvalue weighted by Crippen LogP contribution is 2.32. The van der Waals surface area contributed by atoms with Gasteiger partial charge in [-0.25, -0.2) is 4.98 Å². The van der Waals surface area contributed by atoms with Crippen molar-refractivity contribution in [1.29, 1.82) is 0 Å². The van der Waals surface area contributed by atoms with Crippen molar-refractivity contribution in [2.75, 3.05) is 37.7 Å². The summed E-state index contributed by atoms with van der Waals surface area (Å²) in [5, 5.41) is 0.663. The minimum absolute atomic E-state index is 0. The maximum absolute atomic E-state index is 13.4. The first-order chi connectivity index (χ1) is 15.0. The number of amides is 1. The van der Waals surface area contributed by atoms with E-state index in [4.69, 9.17) is 9.72 Å². The predicted octanol–water partition coefficient (Wildman–Crippen LogP) is 5.31. The number of benzene rings is 2. The fraction of sp³-hybridized carbons (Fsp3) is 0.375. The Bertz CT molecular complexity index is 1050. The monoisotopic (exact) mass is 475 g/mol. The molecule has 1 amide bonds. The van der Waals surface area contributed by atoms with E-state index in [0.29, 0.717) is 29.4 Å². The number of rotatable bonds is 10. The molecule has 0 unspecified atom stereocenters. The number of carbonyl (C=O) groups excluding carboxylic acids is 2. The van der Waals surface area contributed by atoms with Gasteiger partial charge in [-0.05, 0) is 57.3 Å². The SMILES string of the molecule is CCOc1ccc2nc(N(CCN(CC)CC)C(=O)c3ccc(C(C)=O)cc3)sc2c1.Cl. The van der Waals surface area contributed by atoms with Crippen molar-refractivity contribution in [3.63, 3.8) is 0 Å². The number of hydrogen-bond donors (Lipinski definition) is 0. The van der Waals surface area contributed by atoms with Gasteiger partial charge in [0.1, 0.15) is 5.75 Å². The molecular weight excluding hydrogens is 446 g/mol. The van der Waals surface area contributed by atoms with Gasteiger partial charge >= 0.3 is 0 Å². The molecule has 0 saturated heterocycles. The van der Waals surface area contributed by atoms with Crippen molar-refractivity contribution in [3.05, 3.63) is 53.6 Å². The Balaban J connectivity index is 0.00000363. The van der Waals surface area contributed by atoms with Crippen LogP contribution < -0.4 is 9.64 Å². The van der Waals surface area contributed by atoms with Crippen LogP contribution in [-0.2, 0) is 0 Å². The summed E-state index contributed by atoms with van der Waals surface area (Å²) in [6.07, 6.45) is 0. The summed E-state index contributed by atoms with van der Waals surface area (Å²) in [6, 6.07) is 12.6. The van der Waals surface area contributed by atoms with E-state index in [9.17, 15) is 9.59 Å². The van der Waals surface area contributed by atoms with Crippen LogP contribution in [0.4, 0.5) is 5.13 Å². The predicted molar refractivity (Wildman–Crippen MR) is 134 cm³/mol. The molecule has 0 atom stereocenters. The van der Waals surface area contributed by atoms with E-state index in [-0.39, 0.29) is 24.1 Å². The molecule has 0 fully saturated rings. The number of Topliss-reactive ketones (excluding diaryl/α,β-unsaturated/α-hetero) is 1. The summed E-state index contributed by atoms with van der Waals surface area (Å²) in [4.78, 5) is 33.8. The zero-order chi connectivity index (χ0) is 22.4. The largest absolute Gasteiger partial charge is 0.494 e. The number of aromatic nitrogens is 1. The molecule has 0 aliphatic rings. The smallest absolute Gasteiger partial charge is 0.260 e. The summed E-state index contributed by atoms with van der Waals surface area (Å²) in [5.41, 5.74) is 1.98. The summed E-state index contributed by atoms with van der Waals surface area (Å²) < 4.78 is 6.58. The third-order valence-corrected chi connectivity index (χ3v) is 6.25. The maximum atomic E-state index is 13.4. The lowest BCUT2D eigenvalue weighted by molar-refractivity contribution is 0.0980. The molecular formula is C24H30ClN3O3S. The first-order valence-electron chi connectivity index (χ1n) is 10.6. The van der Waals surface area contributed by atoms with E-state index >= 15 is 0 Å². The Morgan fingerprint density at radius 3 is 2.22 bits per heavy atom. The number of thiazole rings is 1. The van der Waals surface area contributed by atoms with Crippen LogP contribution in [0.3, 0.4) is 0 Å². The Kier molecular flexibility index (Phi) is 9.62. The second kappa shape index (κ2) is 11.9. The fourth-order valence-electron chi connectivity index (χ4n) is 3.33. The number of likely N-dealkylation sites (N-methyl/N-ethyl adjacent to an activating group) is 1. The van der Waals surface area contributed by atoms with E-state index in [1.165, 1.54) is 18.3 Å². The third-order valence-electron chi connectivity index (χ3n) is 5.21. The zero-order valence-electron chi connectivity index (χ0n) is 19.0. The maximum Gasteiger partial charge on any atom is 0.260 e. The number of halogens is 1. The highest BCUT2D eigenvalue weighted by molar-refractivity contribution is 7.22. The molecule has 0 spiro atoms. The zero-order valence-corrected chi connectivity index (χ0v) is 20.6.